The van der Waals surface area contributed by atoms with E-state index in [1.54, 1.807) is 17.0 Å². The van der Waals surface area contributed by atoms with Crippen molar-refractivity contribution >= 4 is 6.41 Å². The van der Waals surface area contributed by atoms with Crippen molar-refractivity contribution < 1.29 is 18.0 Å². The van der Waals surface area contributed by atoms with Gasteiger partial charge in [0.15, 0.2) is 0 Å². The van der Waals surface area contributed by atoms with E-state index in [0.717, 1.165) is 45.3 Å². The average molecular weight is 338 g/mol. The van der Waals surface area contributed by atoms with Crippen LogP contribution in [-0.2, 0) is 11.0 Å². The standard InChI is InChI=1S/C18H21F3N2O/c19-18(20,21)16-4-2-1-3-15(16)13-5-6-23(9-13)14-7-17(8-14)10-22(11-17)12-24/h1-4,12-14H,5-11H2. The Morgan fingerprint density at radius 1 is 1.17 bits per heavy atom. The third kappa shape index (κ3) is 2.61. The third-order valence-corrected chi connectivity index (χ3v) is 6.01. The molecule has 1 aromatic carbocycles. The molecule has 4 rings (SSSR count). The Balaban J connectivity index is 1.39. The predicted octanol–water partition coefficient (Wildman–Crippen LogP) is 3.12. The Bertz CT molecular complexity index is 631. The van der Waals surface area contributed by atoms with Crippen molar-refractivity contribution in [3.8, 4) is 0 Å². The first-order valence-electron chi connectivity index (χ1n) is 8.50. The van der Waals surface area contributed by atoms with Crippen LogP contribution in [0.1, 0.15) is 36.3 Å². The zero-order chi connectivity index (χ0) is 16.9. The van der Waals surface area contributed by atoms with Crippen molar-refractivity contribution in [2.45, 2.75) is 37.4 Å². The van der Waals surface area contributed by atoms with Gasteiger partial charge in [-0.25, -0.2) is 0 Å². The lowest BCUT2D eigenvalue weighted by atomic mass is 9.60. The molecule has 6 heteroatoms. The van der Waals surface area contributed by atoms with E-state index in [-0.39, 0.29) is 5.92 Å². The molecular weight excluding hydrogens is 317 g/mol. The molecular formula is C18H21F3N2O. The van der Waals surface area contributed by atoms with Crippen molar-refractivity contribution in [1.29, 1.82) is 0 Å². The molecule has 1 spiro atoms. The fraction of sp³-hybridized carbons (Fsp3) is 0.611. The second-order valence-corrected chi connectivity index (χ2v) is 7.64. The predicted molar refractivity (Wildman–Crippen MR) is 83.5 cm³/mol. The summed E-state index contributed by atoms with van der Waals surface area (Å²) in [4.78, 5) is 14.8. The van der Waals surface area contributed by atoms with Crippen LogP contribution in [0.4, 0.5) is 13.2 Å². The highest BCUT2D eigenvalue weighted by Gasteiger charge is 2.54. The number of carbonyl (C=O) groups is 1. The number of hydrogen-bond donors (Lipinski definition) is 0. The fourth-order valence-corrected chi connectivity index (χ4v) is 4.83. The van der Waals surface area contributed by atoms with Gasteiger partial charge in [-0.05, 0) is 43.4 Å². The monoisotopic (exact) mass is 338 g/mol. The molecule has 0 N–H and O–H groups in total. The van der Waals surface area contributed by atoms with Crippen LogP contribution in [-0.4, -0.2) is 48.4 Å². The maximum Gasteiger partial charge on any atom is 0.416 e. The number of alkyl halides is 3. The Hall–Kier alpha value is -1.56. The molecule has 2 saturated heterocycles. The van der Waals surface area contributed by atoms with Crippen LogP contribution in [0.15, 0.2) is 24.3 Å². The van der Waals surface area contributed by atoms with Crippen LogP contribution in [0.3, 0.4) is 0 Å². The first-order chi connectivity index (χ1) is 11.4. The lowest BCUT2D eigenvalue weighted by Crippen LogP contribution is -2.65. The van der Waals surface area contributed by atoms with Crippen LogP contribution >= 0.6 is 0 Å². The van der Waals surface area contributed by atoms with E-state index in [1.165, 1.54) is 12.1 Å². The molecule has 0 bridgehead atoms. The highest BCUT2D eigenvalue weighted by molar-refractivity contribution is 5.49. The Labute approximate surface area is 139 Å². The van der Waals surface area contributed by atoms with E-state index >= 15 is 0 Å². The average Bonchev–Trinajstić information content (AvgIpc) is 2.93. The molecule has 0 aromatic heterocycles. The molecule has 3 fully saturated rings. The normalized spacial score (nSPS) is 27.1. The third-order valence-electron chi connectivity index (χ3n) is 6.01. The number of carbonyl (C=O) groups excluding carboxylic acids is 1. The minimum atomic E-state index is -4.28. The molecule has 1 aliphatic carbocycles. The Kier molecular flexibility index (Phi) is 3.64. The summed E-state index contributed by atoms with van der Waals surface area (Å²) in [6, 6.07) is 6.46. The van der Waals surface area contributed by atoms with Crippen molar-refractivity contribution in [3.05, 3.63) is 35.4 Å². The summed E-state index contributed by atoms with van der Waals surface area (Å²) in [7, 11) is 0. The number of halogens is 3. The van der Waals surface area contributed by atoms with Crippen LogP contribution < -0.4 is 0 Å². The topological polar surface area (TPSA) is 23.6 Å². The van der Waals surface area contributed by atoms with E-state index in [0.29, 0.717) is 23.6 Å². The van der Waals surface area contributed by atoms with E-state index in [2.05, 4.69) is 4.90 Å². The number of benzene rings is 1. The lowest BCUT2D eigenvalue weighted by Gasteiger charge is -2.59. The maximum atomic E-state index is 13.2. The largest absolute Gasteiger partial charge is 0.416 e. The molecule has 0 radical (unpaired) electrons. The van der Waals surface area contributed by atoms with Gasteiger partial charge in [-0.15, -0.1) is 0 Å². The Morgan fingerprint density at radius 3 is 2.54 bits per heavy atom. The molecule has 1 saturated carbocycles. The molecule has 2 aliphatic heterocycles. The first-order valence-corrected chi connectivity index (χ1v) is 8.50. The van der Waals surface area contributed by atoms with Gasteiger partial charge in [0.2, 0.25) is 6.41 Å². The molecule has 1 aromatic rings. The number of hydrogen-bond acceptors (Lipinski definition) is 2. The van der Waals surface area contributed by atoms with Gasteiger partial charge in [0.05, 0.1) is 5.56 Å². The summed E-state index contributed by atoms with van der Waals surface area (Å²) in [5.74, 6) is -0.0350. The first kappa shape index (κ1) is 15.9. The van der Waals surface area contributed by atoms with Crippen molar-refractivity contribution in [2.75, 3.05) is 26.2 Å². The summed E-state index contributed by atoms with van der Waals surface area (Å²) >= 11 is 0. The van der Waals surface area contributed by atoms with Gasteiger partial charge >= 0.3 is 6.18 Å². The minimum absolute atomic E-state index is 0.0350. The van der Waals surface area contributed by atoms with Crippen LogP contribution in [0.2, 0.25) is 0 Å². The van der Waals surface area contributed by atoms with Crippen molar-refractivity contribution in [1.82, 2.24) is 9.80 Å². The minimum Gasteiger partial charge on any atom is -0.344 e. The molecule has 3 aliphatic rings. The van der Waals surface area contributed by atoms with Gasteiger partial charge in [-0.2, -0.15) is 13.2 Å². The molecule has 24 heavy (non-hydrogen) atoms. The van der Waals surface area contributed by atoms with Gasteiger partial charge in [-0.3, -0.25) is 9.69 Å². The van der Waals surface area contributed by atoms with Crippen LogP contribution in [0.25, 0.3) is 0 Å². The van der Waals surface area contributed by atoms with Gasteiger partial charge in [0.1, 0.15) is 0 Å². The molecule has 1 amide bonds. The highest BCUT2D eigenvalue weighted by atomic mass is 19.4. The summed E-state index contributed by atoms with van der Waals surface area (Å²) < 4.78 is 39.6. The fourth-order valence-electron chi connectivity index (χ4n) is 4.83. The SMILES string of the molecule is O=CN1CC2(CC(N3CCC(c4ccccc4C(F)(F)F)C3)C2)C1. The van der Waals surface area contributed by atoms with Crippen LogP contribution in [0.5, 0.6) is 0 Å². The molecule has 1 atom stereocenters. The van der Waals surface area contributed by atoms with Gasteiger partial charge in [0, 0.05) is 31.1 Å². The highest BCUT2D eigenvalue weighted by Crippen LogP contribution is 2.51. The number of likely N-dealkylation sites (tertiary alicyclic amines) is 2. The number of amides is 1. The summed E-state index contributed by atoms with van der Waals surface area (Å²) in [5, 5.41) is 0. The molecule has 1 unspecified atom stereocenters. The smallest absolute Gasteiger partial charge is 0.344 e. The molecule has 130 valence electrons. The zero-order valence-corrected chi connectivity index (χ0v) is 13.4. The van der Waals surface area contributed by atoms with Crippen LogP contribution in [0, 0.1) is 5.41 Å². The Morgan fingerprint density at radius 2 is 1.88 bits per heavy atom. The van der Waals surface area contributed by atoms with E-state index in [9.17, 15) is 18.0 Å². The van der Waals surface area contributed by atoms with E-state index < -0.39 is 11.7 Å². The zero-order valence-electron chi connectivity index (χ0n) is 13.4. The lowest BCUT2D eigenvalue weighted by molar-refractivity contribution is -0.143. The quantitative estimate of drug-likeness (QED) is 0.791. The summed E-state index contributed by atoms with van der Waals surface area (Å²) in [6.07, 6.45) is -0.444. The maximum absolute atomic E-state index is 13.2. The number of nitrogens with zero attached hydrogens (tertiary/aromatic N) is 2. The summed E-state index contributed by atoms with van der Waals surface area (Å²) in [5.41, 5.74) is 0.257. The summed E-state index contributed by atoms with van der Waals surface area (Å²) in [6.45, 7) is 3.28. The van der Waals surface area contributed by atoms with Gasteiger partial charge in [-0.1, -0.05) is 18.2 Å². The molecule has 2 heterocycles. The van der Waals surface area contributed by atoms with Gasteiger partial charge < -0.3 is 4.90 Å². The second kappa shape index (κ2) is 5.48. The van der Waals surface area contributed by atoms with E-state index in [4.69, 9.17) is 0 Å². The second-order valence-electron chi connectivity index (χ2n) is 7.64. The van der Waals surface area contributed by atoms with Crippen molar-refractivity contribution in [2.24, 2.45) is 5.41 Å². The number of rotatable bonds is 3. The van der Waals surface area contributed by atoms with Gasteiger partial charge in [0.25, 0.3) is 0 Å². The van der Waals surface area contributed by atoms with E-state index in [1.807, 2.05) is 0 Å². The van der Waals surface area contributed by atoms with Crippen molar-refractivity contribution in [3.63, 3.8) is 0 Å². The molecule has 3 nitrogen and oxygen atoms in total.